The fourth-order valence-electron chi connectivity index (χ4n) is 1.77. The third-order valence-corrected chi connectivity index (χ3v) is 3.19. The van der Waals surface area contributed by atoms with Crippen LogP contribution in [0.4, 0.5) is 17.6 Å². The molecular formula is C11H10F4OS. The number of ether oxygens (including phenoxy) is 1. The Kier molecular flexibility index (Phi) is 3.25. The molecule has 0 saturated heterocycles. The van der Waals surface area contributed by atoms with Crippen LogP contribution in [-0.4, -0.2) is 18.5 Å². The number of halogens is 4. The maximum atomic E-state index is 13.2. The first-order chi connectivity index (χ1) is 7.93. The van der Waals surface area contributed by atoms with Crippen molar-refractivity contribution in [2.24, 2.45) is 0 Å². The van der Waals surface area contributed by atoms with Crippen molar-refractivity contribution in [1.82, 2.24) is 0 Å². The second-order valence-electron chi connectivity index (χ2n) is 3.87. The van der Waals surface area contributed by atoms with Gasteiger partial charge in [0.25, 0.3) is 0 Å². The highest BCUT2D eigenvalue weighted by atomic mass is 32.1. The van der Waals surface area contributed by atoms with Gasteiger partial charge in [-0.1, -0.05) is 18.2 Å². The predicted octanol–water partition coefficient (Wildman–Crippen LogP) is 3.71. The van der Waals surface area contributed by atoms with Crippen molar-refractivity contribution in [1.29, 1.82) is 0 Å². The molecule has 1 aliphatic heterocycles. The van der Waals surface area contributed by atoms with E-state index in [4.69, 9.17) is 4.74 Å². The van der Waals surface area contributed by atoms with Crippen molar-refractivity contribution in [3.63, 3.8) is 0 Å². The average molecular weight is 266 g/mol. The van der Waals surface area contributed by atoms with E-state index in [1.807, 2.05) is 0 Å². The topological polar surface area (TPSA) is 9.23 Å². The van der Waals surface area contributed by atoms with Gasteiger partial charge in [-0.05, 0) is 6.07 Å². The van der Waals surface area contributed by atoms with E-state index >= 15 is 0 Å². The molecule has 6 heteroatoms. The van der Waals surface area contributed by atoms with Crippen LogP contribution < -0.4 is 4.74 Å². The van der Waals surface area contributed by atoms with Gasteiger partial charge in [0.1, 0.15) is 5.75 Å². The zero-order valence-corrected chi connectivity index (χ0v) is 9.51. The summed E-state index contributed by atoms with van der Waals surface area (Å²) >= 11 is 4.14. The van der Waals surface area contributed by atoms with E-state index in [1.54, 1.807) is 18.2 Å². The molecule has 1 nitrogen and oxygen atoms in total. The van der Waals surface area contributed by atoms with Crippen LogP contribution in [0, 0.1) is 0 Å². The molecule has 0 bridgehead atoms. The summed E-state index contributed by atoms with van der Waals surface area (Å²) in [6.45, 7) is 0. The van der Waals surface area contributed by atoms with Gasteiger partial charge in [0.15, 0.2) is 6.10 Å². The summed E-state index contributed by atoms with van der Waals surface area (Å²) in [5.74, 6) is -3.96. The predicted molar refractivity (Wildman–Crippen MR) is 58.2 cm³/mol. The number of thiol groups is 1. The van der Waals surface area contributed by atoms with E-state index < -0.39 is 23.7 Å². The van der Waals surface area contributed by atoms with Crippen molar-refractivity contribution in [3.8, 4) is 5.75 Å². The lowest BCUT2D eigenvalue weighted by Crippen LogP contribution is -2.46. The summed E-state index contributed by atoms with van der Waals surface area (Å²) in [6.07, 6.45) is -5.81. The van der Waals surface area contributed by atoms with Crippen molar-refractivity contribution >= 4 is 12.6 Å². The maximum absolute atomic E-state index is 13.2. The minimum absolute atomic E-state index is 0.198. The van der Waals surface area contributed by atoms with Gasteiger partial charge in [-0.2, -0.15) is 21.4 Å². The molecule has 1 aromatic carbocycles. The number of para-hydroxylation sites is 1. The molecule has 0 aromatic heterocycles. The minimum atomic E-state index is -4.16. The van der Waals surface area contributed by atoms with E-state index in [2.05, 4.69) is 12.6 Å². The summed E-state index contributed by atoms with van der Waals surface area (Å²) in [7, 11) is 0. The van der Waals surface area contributed by atoms with Gasteiger partial charge in [0.05, 0.1) is 0 Å². The van der Waals surface area contributed by atoms with E-state index in [0.29, 0.717) is 5.56 Å². The number of hydrogen-bond acceptors (Lipinski definition) is 2. The molecule has 0 N–H and O–H groups in total. The summed E-state index contributed by atoms with van der Waals surface area (Å²) in [6, 6.07) is 6.48. The highest BCUT2D eigenvalue weighted by Gasteiger charge is 2.52. The van der Waals surface area contributed by atoms with Crippen molar-refractivity contribution < 1.29 is 22.3 Å². The highest BCUT2D eigenvalue weighted by Crippen LogP contribution is 2.43. The third kappa shape index (κ3) is 2.22. The molecule has 94 valence electrons. The average Bonchev–Trinajstić information content (AvgIpc) is 2.28. The molecule has 1 aliphatic rings. The van der Waals surface area contributed by atoms with Crippen molar-refractivity contribution in [2.75, 3.05) is 0 Å². The normalized spacial score (nSPS) is 24.4. The van der Waals surface area contributed by atoms with Crippen LogP contribution in [0.5, 0.6) is 5.75 Å². The Labute approximate surface area is 101 Å². The molecule has 2 atom stereocenters. The Morgan fingerprint density at radius 2 is 1.94 bits per heavy atom. The number of alkyl halides is 4. The standard InChI is InChI=1S/C11H10F4OS/c12-10(13)11(14,15)9-5-8(17)6-3-1-2-4-7(6)16-9/h1-4,8-10,17H,5H2. The highest BCUT2D eigenvalue weighted by molar-refractivity contribution is 7.80. The first-order valence-corrected chi connectivity index (χ1v) is 5.54. The fourth-order valence-corrected chi connectivity index (χ4v) is 2.18. The van der Waals surface area contributed by atoms with Gasteiger partial charge in [0, 0.05) is 17.2 Å². The first-order valence-electron chi connectivity index (χ1n) is 5.02. The lowest BCUT2D eigenvalue weighted by atomic mass is 9.98. The quantitative estimate of drug-likeness (QED) is 0.634. The molecule has 1 aromatic rings. The van der Waals surface area contributed by atoms with Crippen LogP contribution in [-0.2, 0) is 0 Å². The Morgan fingerprint density at radius 3 is 2.59 bits per heavy atom. The van der Waals surface area contributed by atoms with Crippen LogP contribution in [0.1, 0.15) is 17.2 Å². The van der Waals surface area contributed by atoms with E-state index in [9.17, 15) is 17.6 Å². The van der Waals surface area contributed by atoms with Crippen molar-refractivity contribution in [2.45, 2.75) is 30.1 Å². The smallest absolute Gasteiger partial charge is 0.343 e. The van der Waals surface area contributed by atoms with E-state index in [0.717, 1.165) is 0 Å². The van der Waals surface area contributed by atoms with E-state index in [-0.39, 0.29) is 12.2 Å². The molecule has 0 spiro atoms. The molecule has 0 aliphatic carbocycles. The SMILES string of the molecule is FC(F)C(F)(F)C1CC(S)c2ccccc2O1. The van der Waals surface area contributed by atoms with Gasteiger partial charge in [0.2, 0.25) is 0 Å². The van der Waals surface area contributed by atoms with Gasteiger partial charge in [-0.15, -0.1) is 0 Å². The number of hydrogen-bond donors (Lipinski definition) is 1. The van der Waals surface area contributed by atoms with Crippen LogP contribution in [0.3, 0.4) is 0 Å². The lowest BCUT2D eigenvalue weighted by Gasteiger charge is -2.34. The molecular weight excluding hydrogens is 256 g/mol. The van der Waals surface area contributed by atoms with E-state index in [1.165, 1.54) is 6.07 Å². The number of benzene rings is 1. The lowest BCUT2D eigenvalue weighted by molar-refractivity contribution is -0.187. The number of fused-ring (bicyclic) bond motifs is 1. The summed E-state index contributed by atoms with van der Waals surface area (Å²) < 4.78 is 55.8. The van der Waals surface area contributed by atoms with Crippen molar-refractivity contribution in [3.05, 3.63) is 29.8 Å². The van der Waals surface area contributed by atoms with Crippen LogP contribution >= 0.6 is 12.6 Å². The van der Waals surface area contributed by atoms with Gasteiger partial charge in [-0.25, -0.2) is 8.78 Å². The molecule has 0 amide bonds. The van der Waals surface area contributed by atoms with Gasteiger partial charge >= 0.3 is 12.3 Å². The molecule has 0 radical (unpaired) electrons. The zero-order chi connectivity index (χ0) is 12.6. The largest absolute Gasteiger partial charge is 0.484 e. The molecule has 1 heterocycles. The second kappa shape index (κ2) is 4.40. The molecule has 2 unspecified atom stereocenters. The Bertz CT molecular complexity index is 410. The molecule has 17 heavy (non-hydrogen) atoms. The summed E-state index contributed by atoms with van der Waals surface area (Å²) in [5.41, 5.74) is 0.650. The van der Waals surface area contributed by atoms with Gasteiger partial charge < -0.3 is 4.74 Å². The molecule has 0 fully saturated rings. The van der Waals surface area contributed by atoms with Crippen LogP contribution in [0.2, 0.25) is 0 Å². The van der Waals surface area contributed by atoms with Gasteiger partial charge in [-0.3, -0.25) is 0 Å². The maximum Gasteiger partial charge on any atom is 0.343 e. The summed E-state index contributed by atoms with van der Waals surface area (Å²) in [5, 5.41) is -0.519. The summed E-state index contributed by atoms with van der Waals surface area (Å²) in [4.78, 5) is 0. The minimum Gasteiger partial charge on any atom is -0.484 e. The monoisotopic (exact) mass is 266 g/mol. The third-order valence-electron chi connectivity index (χ3n) is 2.70. The Balaban J connectivity index is 2.28. The van der Waals surface area contributed by atoms with Crippen LogP contribution in [0.25, 0.3) is 0 Å². The Morgan fingerprint density at radius 1 is 1.29 bits per heavy atom. The first kappa shape index (κ1) is 12.5. The molecule has 2 rings (SSSR count). The number of rotatable bonds is 2. The second-order valence-corrected chi connectivity index (χ2v) is 4.49. The molecule has 0 saturated carbocycles. The fraction of sp³-hybridized carbons (Fsp3) is 0.455. The Hall–Kier alpha value is -0.910. The van der Waals surface area contributed by atoms with Crippen LogP contribution in [0.15, 0.2) is 24.3 Å². The zero-order valence-electron chi connectivity index (χ0n) is 8.62.